The highest BCUT2D eigenvalue weighted by molar-refractivity contribution is 6.15. The number of hydrogen-bond donors (Lipinski definition) is 1. The topological polar surface area (TPSA) is 63.6 Å². The average Bonchev–Trinajstić information content (AvgIpc) is 2.64. The lowest BCUT2D eigenvalue weighted by molar-refractivity contribution is -0.138. The Morgan fingerprint density at radius 1 is 1.27 bits per heavy atom. The minimum absolute atomic E-state index is 0.00111. The monoisotopic (exact) mass is 352 g/mol. The van der Waals surface area contributed by atoms with Gasteiger partial charge in [-0.1, -0.05) is 37.8 Å². The van der Waals surface area contributed by atoms with Gasteiger partial charge in [0.1, 0.15) is 0 Å². The van der Waals surface area contributed by atoms with E-state index in [-0.39, 0.29) is 17.3 Å². The number of fused-ring (bicyclic) bond motifs is 1. The molecule has 4 nitrogen and oxygen atoms in total. The van der Waals surface area contributed by atoms with Crippen LogP contribution in [0.2, 0.25) is 0 Å². The minimum atomic E-state index is -0.969. The van der Waals surface area contributed by atoms with Crippen molar-refractivity contribution in [1.29, 1.82) is 0 Å². The van der Waals surface area contributed by atoms with E-state index in [4.69, 9.17) is 4.74 Å². The van der Waals surface area contributed by atoms with Gasteiger partial charge in [0.2, 0.25) is 0 Å². The van der Waals surface area contributed by atoms with Gasteiger partial charge in [0.05, 0.1) is 12.5 Å². The number of para-hydroxylation sites is 1. The number of carbonyl (C=O) groups is 2. The predicted octanol–water partition coefficient (Wildman–Crippen LogP) is 4.11. The number of rotatable bonds is 3. The van der Waals surface area contributed by atoms with Crippen molar-refractivity contribution < 1.29 is 19.4 Å². The van der Waals surface area contributed by atoms with Crippen molar-refractivity contribution in [2.24, 2.45) is 11.3 Å². The normalized spacial score (nSPS) is 28.5. The van der Waals surface area contributed by atoms with Gasteiger partial charge in [-0.15, -0.1) is 0 Å². The summed E-state index contributed by atoms with van der Waals surface area (Å²) in [6, 6.07) is 5.23. The Labute approximate surface area is 153 Å². The van der Waals surface area contributed by atoms with Crippen LogP contribution in [0.4, 0.5) is 0 Å². The minimum Gasteiger partial charge on any atom is -0.504 e. The molecule has 3 rings (SSSR count). The Morgan fingerprint density at radius 2 is 1.96 bits per heavy atom. The summed E-state index contributed by atoms with van der Waals surface area (Å²) in [5.74, 6) is -0.601. The number of Topliss-reactive ketones (excluding diaryl/α,β-unsaturated/α-hetero) is 2. The third-order valence-corrected chi connectivity index (χ3v) is 6.12. The molecule has 0 radical (unpaired) electrons. The van der Waals surface area contributed by atoms with E-state index in [1.807, 2.05) is 13.0 Å². The van der Waals surface area contributed by atoms with Crippen LogP contribution in [0.3, 0.4) is 0 Å². The number of phenolic OH excluding ortho intramolecular Hbond substituents is 1. The maximum Gasteiger partial charge on any atom is 0.166 e. The molecule has 0 spiro atoms. The van der Waals surface area contributed by atoms with Crippen LogP contribution in [-0.4, -0.2) is 23.8 Å². The van der Waals surface area contributed by atoms with Crippen LogP contribution < -0.4 is 4.74 Å². The smallest absolute Gasteiger partial charge is 0.166 e. The van der Waals surface area contributed by atoms with Crippen molar-refractivity contribution in [3.63, 3.8) is 0 Å². The molecule has 0 aromatic heterocycles. The van der Waals surface area contributed by atoms with Gasteiger partial charge in [-0.2, -0.15) is 0 Å². The Hall–Kier alpha value is -2.62. The molecule has 4 heteroatoms. The van der Waals surface area contributed by atoms with Crippen LogP contribution in [0.15, 0.2) is 53.6 Å². The Morgan fingerprint density at radius 3 is 2.58 bits per heavy atom. The summed E-state index contributed by atoms with van der Waals surface area (Å²) >= 11 is 0. The number of benzene rings is 1. The lowest BCUT2D eigenvalue weighted by Gasteiger charge is -2.48. The van der Waals surface area contributed by atoms with Gasteiger partial charge in [-0.25, -0.2) is 0 Å². The number of ether oxygens (including phenoxy) is 1. The molecule has 0 saturated carbocycles. The van der Waals surface area contributed by atoms with Gasteiger partial charge in [0, 0.05) is 17.4 Å². The zero-order chi connectivity index (χ0) is 19.2. The number of hydrogen-bond acceptors (Lipinski definition) is 4. The van der Waals surface area contributed by atoms with Crippen molar-refractivity contribution in [3.8, 4) is 11.5 Å². The molecule has 136 valence electrons. The fraction of sp³-hybridized carbons (Fsp3) is 0.364. The van der Waals surface area contributed by atoms with Crippen molar-refractivity contribution >= 4 is 11.6 Å². The fourth-order valence-corrected chi connectivity index (χ4v) is 4.49. The van der Waals surface area contributed by atoms with Crippen LogP contribution >= 0.6 is 0 Å². The number of ketones is 2. The van der Waals surface area contributed by atoms with Crippen LogP contribution in [0, 0.1) is 11.3 Å². The van der Waals surface area contributed by atoms with Gasteiger partial charge in [0.25, 0.3) is 0 Å². The zero-order valence-corrected chi connectivity index (χ0v) is 15.6. The highest BCUT2D eigenvalue weighted by Crippen LogP contribution is 2.57. The van der Waals surface area contributed by atoms with Gasteiger partial charge in [-0.05, 0) is 43.1 Å². The molecular formula is C22H24O4. The largest absolute Gasteiger partial charge is 0.504 e. The first-order valence-electron chi connectivity index (χ1n) is 8.73. The summed E-state index contributed by atoms with van der Waals surface area (Å²) in [5, 5.41) is 10.7. The highest BCUT2D eigenvalue weighted by Gasteiger charge is 2.56. The Balaban J connectivity index is 2.30. The standard InChI is InChI=1S/C22H24O4/c1-6-14-10-11-16-19(23)12(2)13(3)21(25)22(16,4)18(14)15-8-7-9-17(26-5)20(15)24/h6-10,16,18,24H,1,11H2,2-5H3. The van der Waals surface area contributed by atoms with Crippen LogP contribution in [0.25, 0.3) is 0 Å². The molecule has 0 bridgehead atoms. The lowest BCUT2D eigenvalue weighted by Crippen LogP contribution is -2.50. The molecule has 3 atom stereocenters. The van der Waals surface area contributed by atoms with Crippen molar-refractivity contribution in [3.05, 3.63) is 59.2 Å². The van der Waals surface area contributed by atoms with Crippen molar-refractivity contribution in [2.75, 3.05) is 7.11 Å². The SMILES string of the molecule is C=CC1=CCC2C(=O)C(C)=C(C)C(=O)C2(C)C1c1cccc(OC)c1O. The van der Waals surface area contributed by atoms with E-state index in [0.717, 1.165) is 5.57 Å². The number of aromatic hydroxyl groups is 1. The molecule has 1 aromatic carbocycles. The quantitative estimate of drug-likeness (QED) is 0.889. The fourth-order valence-electron chi connectivity index (χ4n) is 4.49. The summed E-state index contributed by atoms with van der Waals surface area (Å²) in [4.78, 5) is 26.3. The number of phenols is 1. The summed E-state index contributed by atoms with van der Waals surface area (Å²) in [6.45, 7) is 9.17. The third kappa shape index (κ3) is 2.28. The van der Waals surface area contributed by atoms with E-state index >= 15 is 0 Å². The Bertz CT molecular complexity index is 874. The van der Waals surface area contributed by atoms with Crippen molar-refractivity contribution in [2.45, 2.75) is 33.1 Å². The molecule has 1 N–H and O–H groups in total. The number of carbonyl (C=O) groups excluding carboxylic acids is 2. The molecule has 1 aromatic rings. The van der Waals surface area contributed by atoms with Gasteiger partial charge in [-0.3, -0.25) is 9.59 Å². The molecule has 0 fully saturated rings. The van der Waals surface area contributed by atoms with E-state index in [1.54, 1.807) is 38.1 Å². The second kappa shape index (κ2) is 6.27. The lowest BCUT2D eigenvalue weighted by atomic mass is 9.52. The molecule has 2 aliphatic carbocycles. The first kappa shape index (κ1) is 18.2. The molecule has 26 heavy (non-hydrogen) atoms. The maximum absolute atomic E-state index is 13.4. The molecule has 0 heterocycles. The first-order chi connectivity index (χ1) is 12.3. The molecule has 0 aliphatic heterocycles. The summed E-state index contributed by atoms with van der Waals surface area (Å²) in [6.07, 6.45) is 4.17. The number of allylic oxidation sites excluding steroid dienone is 5. The van der Waals surface area contributed by atoms with Gasteiger partial charge in [0.15, 0.2) is 23.1 Å². The third-order valence-electron chi connectivity index (χ3n) is 6.12. The second-order valence-corrected chi connectivity index (χ2v) is 7.25. The van der Waals surface area contributed by atoms with Crippen LogP contribution in [0.5, 0.6) is 11.5 Å². The summed E-state index contributed by atoms with van der Waals surface area (Å²) in [7, 11) is 1.49. The van der Waals surface area contributed by atoms with Gasteiger partial charge >= 0.3 is 0 Å². The van der Waals surface area contributed by atoms with E-state index < -0.39 is 17.3 Å². The highest BCUT2D eigenvalue weighted by atomic mass is 16.5. The van der Waals surface area contributed by atoms with E-state index in [0.29, 0.717) is 28.9 Å². The summed E-state index contributed by atoms with van der Waals surface area (Å²) < 4.78 is 5.24. The molecule has 2 aliphatic rings. The van der Waals surface area contributed by atoms with E-state index in [2.05, 4.69) is 6.58 Å². The van der Waals surface area contributed by atoms with Crippen LogP contribution in [-0.2, 0) is 9.59 Å². The Kier molecular flexibility index (Phi) is 4.39. The zero-order valence-electron chi connectivity index (χ0n) is 15.6. The van der Waals surface area contributed by atoms with Gasteiger partial charge < -0.3 is 9.84 Å². The number of methoxy groups -OCH3 is 1. The molecule has 3 unspecified atom stereocenters. The molecular weight excluding hydrogens is 328 g/mol. The molecule has 0 amide bonds. The van der Waals surface area contributed by atoms with E-state index in [9.17, 15) is 14.7 Å². The molecule has 0 saturated heterocycles. The summed E-state index contributed by atoms with van der Waals surface area (Å²) in [5.41, 5.74) is 1.51. The van der Waals surface area contributed by atoms with Crippen LogP contribution in [0.1, 0.15) is 38.7 Å². The average molecular weight is 352 g/mol. The predicted molar refractivity (Wildman–Crippen MR) is 100 cm³/mol. The second-order valence-electron chi connectivity index (χ2n) is 7.25. The maximum atomic E-state index is 13.4. The van der Waals surface area contributed by atoms with Crippen molar-refractivity contribution in [1.82, 2.24) is 0 Å². The van der Waals surface area contributed by atoms with E-state index in [1.165, 1.54) is 7.11 Å². The first-order valence-corrected chi connectivity index (χ1v) is 8.73.